The van der Waals surface area contributed by atoms with Gasteiger partial charge in [-0.1, -0.05) is 29.8 Å². The highest BCUT2D eigenvalue weighted by molar-refractivity contribution is 5.98. The molecule has 96 valence electrons. The van der Waals surface area contributed by atoms with Crippen molar-refractivity contribution in [2.24, 2.45) is 17.8 Å². The van der Waals surface area contributed by atoms with Crippen LogP contribution in [0.5, 0.6) is 0 Å². The first kappa shape index (κ1) is 10.9. The molecule has 0 spiro atoms. The second-order valence-electron chi connectivity index (χ2n) is 5.52. The summed E-state index contributed by atoms with van der Waals surface area (Å²) in [6.07, 6.45) is 5.32. The minimum absolute atomic E-state index is 0.226. The molecule has 2 aromatic rings. The molecular weight excluding hydrogens is 238 g/mol. The summed E-state index contributed by atoms with van der Waals surface area (Å²) in [6, 6.07) is 9.72. The van der Waals surface area contributed by atoms with Gasteiger partial charge in [0.05, 0.1) is 11.9 Å². The highest BCUT2D eigenvalue weighted by Crippen LogP contribution is 2.58. The van der Waals surface area contributed by atoms with E-state index in [1.807, 2.05) is 30.3 Å². The average molecular weight is 253 g/mol. The first-order valence-corrected chi connectivity index (χ1v) is 6.86. The van der Waals surface area contributed by atoms with Crippen LogP contribution in [-0.4, -0.2) is 20.8 Å². The number of fused-ring (bicyclic) bond motifs is 1. The maximum atomic E-state index is 12.6. The Balaban J connectivity index is 1.66. The molecule has 4 rings (SSSR count). The summed E-state index contributed by atoms with van der Waals surface area (Å²) in [5.74, 6) is 1.72. The Morgan fingerprint density at radius 2 is 1.89 bits per heavy atom. The Kier molecular flexibility index (Phi) is 2.31. The summed E-state index contributed by atoms with van der Waals surface area (Å²) in [5.41, 5.74) is 1.53. The zero-order valence-corrected chi connectivity index (χ0v) is 10.6. The fraction of sp³-hybridized carbons (Fsp3) is 0.400. The van der Waals surface area contributed by atoms with E-state index < -0.39 is 0 Å². The first-order chi connectivity index (χ1) is 9.36. The predicted octanol–water partition coefficient (Wildman–Crippen LogP) is 2.50. The molecular formula is C15H15N3O. The van der Waals surface area contributed by atoms with Gasteiger partial charge < -0.3 is 0 Å². The fourth-order valence-corrected chi connectivity index (χ4v) is 3.54. The molecule has 4 heteroatoms. The number of aromatic nitrogens is 3. The molecule has 2 unspecified atom stereocenters. The van der Waals surface area contributed by atoms with E-state index in [1.165, 1.54) is 19.3 Å². The number of carbonyl (C=O) groups is 1. The van der Waals surface area contributed by atoms with Gasteiger partial charge in [-0.2, -0.15) is 0 Å². The lowest BCUT2D eigenvalue weighted by Crippen LogP contribution is -2.12. The number of hydrogen-bond donors (Lipinski definition) is 0. The van der Waals surface area contributed by atoms with E-state index in [0.29, 0.717) is 17.5 Å². The maximum absolute atomic E-state index is 12.6. The summed E-state index contributed by atoms with van der Waals surface area (Å²) >= 11 is 0. The van der Waals surface area contributed by atoms with Crippen LogP contribution in [0.1, 0.15) is 29.8 Å². The van der Waals surface area contributed by atoms with E-state index in [-0.39, 0.29) is 11.7 Å². The van der Waals surface area contributed by atoms with Crippen molar-refractivity contribution in [3.63, 3.8) is 0 Å². The molecule has 0 amide bonds. The molecule has 1 heterocycles. The molecule has 0 saturated heterocycles. The molecule has 0 bridgehead atoms. The van der Waals surface area contributed by atoms with Crippen LogP contribution in [0.4, 0.5) is 0 Å². The van der Waals surface area contributed by atoms with E-state index in [0.717, 1.165) is 5.69 Å². The summed E-state index contributed by atoms with van der Waals surface area (Å²) in [7, 11) is 0. The highest BCUT2D eigenvalue weighted by atomic mass is 16.1. The number of rotatable bonds is 3. The lowest BCUT2D eigenvalue weighted by molar-refractivity contribution is 0.0944. The molecule has 2 atom stereocenters. The van der Waals surface area contributed by atoms with Crippen LogP contribution < -0.4 is 0 Å². The molecule has 0 aliphatic heterocycles. The smallest absolute Gasteiger partial charge is 0.186 e. The predicted molar refractivity (Wildman–Crippen MR) is 70.0 cm³/mol. The third-order valence-corrected chi connectivity index (χ3v) is 4.51. The first-order valence-electron chi connectivity index (χ1n) is 6.86. The van der Waals surface area contributed by atoms with Crippen molar-refractivity contribution in [1.29, 1.82) is 0 Å². The van der Waals surface area contributed by atoms with E-state index in [4.69, 9.17) is 0 Å². The van der Waals surface area contributed by atoms with Crippen LogP contribution in [0.2, 0.25) is 0 Å². The highest BCUT2D eigenvalue weighted by Gasteiger charge is 2.56. The largest absolute Gasteiger partial charge is 0.292 e. The van der Waals surface area contributed by atoms with E-state index >= 15 is 0 Å². The quantitative estimate of drug-likeness (QED) is 0.790. The lowest BCUT2D eigenvalue weighted by Gasteiger charge is -2.06. The number of carbonyl (C=O) groups excluding carboxylic acids is 1. The Labute approximate surface area is 111 Å². The van der Waals surface area contributed by atoms with Gasteiger partial charge in [-0.3, -0.25) is 4.79 Å². The van der Waals surface area contributed by atoms with Gasteiger partial charge in [0.1, 0.15) is 5.69 Å². The Morgan fingerprint density at radius 3 is 2.63 bits per heavy atom. The standard InChI is InChI=1S/C15H15N3O/c19-15(14-11-7-4-8-12(11)14)13-9-16-17-18(13)10-5-2-1-3-6-10/h1-3,5-6,9,11-12,14H,4,7-8H2. The van der Waals surface area contributed by atoms with Gasteiger partial charge in [-0.25, -0.2) is 4.68 Å². The van der Waals surface area contributed by atoms with E-state index in [9.17, 15) is 4.79 Å². The molecule has 0 N–H and O–H groups in total. The van der Waals surface area contributed by atoms with Gasteiger partial charge in [-0.15, -0.1) is 5.10 Å². The molecule has 2 saturated carbocycles. The number of nitrogens with zero attached hydrogens (tertiary/aromatic N) is 3. The van der Waals surface area contributed by atoms with Crippen molar-refractivity contribution in [2.45, 2.75) is 19.3 Å². The second kappa shape index (κ2) is 4.02. The van der Waals surface area contributed by atoms with Crippen molar-refractivity contribution < 1.29 is 4.79 Å². The molecule has 4 nitrogen and oxygen atoms in total. The number of ketones is 1. The number of para-hydroxylation sites is 1. The Hall–Kier alpha value is -1.97. The molecule has 2 fully saturated rings. The number of benzene rings is 1. The summed E-state index contributed by atoms with van der Waals surface area (Å²) in [6.45, 7) is 0. The SMILES string of the molecule is O=C(c1cnnn1-c1ccccc1)C1C2CCCC21. The Morgan fingerprint density at radius 1 is 1.16 bits per heavy atom. The van der Waals surface area contributed by atoms with Crippen LogP contribution in [0.15, 0.2) is 36.5 Å². The van der Waals surface area contributed by atoms with Gasteiger partial charge in [0.2, 0.25) is 0 Å². The van der Waals surface area contributed by atoms with Gasteiger partial charge in [0, 0.05) is 5.92 Å². The van der Waals surface area contributed by atoms with Crippen LogP contribution in [0.3, 0.4) is 0 Å². The van der Waals surface area contributed by atoms with Gasteiger partial charge in [0.25, 0.3) is 0 Å². The van der Waals surface area contributed by atoms with Gasteiger partial charge >= 0.3 is 0 Å². The minimum Gasteiger partial charge on any atom is -0.292 e. The molecule has 2 aliphatic carbocycles. The monoisotopic (exact) mass is 253 g/mol. The topological polar surface area (TPSA) is 47.8 Å². The third-order valence-electron chi connectivity index (χ3n) is 4.51. The zero-order chi connectivity index (χ0) is 12.8. The lowest BCUT2D eigenvalue weighted by atomic mass is 10.1. The fourth-order valence-electron chi connectivity index (χ4n) is 3.54. The van der Waals surface area contributed by atoms with Crippen molar-refractivity contribution >= 4 is 5.78 Å². The van der Waals surface area contributed by atoms with Crippen LogP contribution in [0.25, 0.3) is 5.69 Å². The molecule has 1 aromatic heterocycles. The van der Waals surface area contributed by atoms with Crippen LogP contribution in [0, 0.1) is 17.8 Å². The number of hydrogen-bond acceptors (Lipinski definition) is 3. The minimum atomic E-state index is 0.226. The molecule has 1 aromatic carbocycles. The normalized spacial score (nSPS) is 28.1. The van der Waals surface area contributed by atoms with Crippen LogP contribution >= 0.6 is 0 Å². The Bertz CT molecular complexity index is 609. The van der Waals surface area contributed by atoms with Crippen LogP contribution in [-0.2, 0) is 0 Å². The van der Waals surface area contributed by atoms with Crippen molar-refractivity contribution in [1.82, 2.24) is 15.0 Å². The van der Waals surface area contributed by atoms with E-state index in [1.54, 1.807) is 10.9 Å². The second-order valence-corrected chi connectivity index (χ2v) is 5.52. The third kappa shape index (κ3) is 1.63. The van der Waals surface area contributed by atoms with Crippen molar-refractivity contribution in [3.05, 3.63) is 42.2 Å². The summed E-state index contributed by atoms with van der Waals surface area (Å²) < 4.78 is 1.66. The zero-order valence-electron chi connectivity index (χ0n) is 10.6. The van der Waals surface area contributed by atoms with Gasteiger partial charge in [-0.05, 0) is 36.8 Å². The van der Waals surface area contributed by atoms with E-state index in [2.05, 4.69) is 10.3 Å². The van der Waals surface area contributed by atoms with Crippen molar-refractivity contribution in [3.8, 4) is 5.69 Å². The molecule has 0 radical (unpaired) electrons. The number of Topliss-reactive ketones (excluding diaryl/α,β-unsaturated/α-hetero) is 1. The molecule has 19 heavy (non-hydrogen) atoms. The van der Waals surface area contributed by atoms with Crippen molar-refractivity contribution in [2.75, 3.05) is 0 Å². The average Bonchev–Trinajstić information content (AvgIpc) is 2.89. The van der Waals surface area contributed by atoms with Gasteiger partial charge in [0.15, 0.2) is 5.78 Å². The summed E-state index contributed by atoms with van der Waals surface area (Å²) in [5, 5.41) is 7.97. The maximum Gasteiger partial charge on any atom is 0.186 e. The summed E-state index contributed by atoms with van der Waals surface area (Å²) in [4.78, 5) is 12.6. The molecule has 2 aliphatic rings.